The molecule has 0 saturated carbocycles. The molecule has 0 aliphatic carbocycles. The number of anilines is 1. The van der Waals surface area contributed by atoms with E-state index in [1.165, 1.54) is 0 Å². The molecule has 1 N–H and O–H groups in total. The summed E-state index contributed by atoms with van der Waals surface area (Å²) in [5.74, 6) is 0. The molecule has 0 radical (unpaired) electrons. The van der Waals surface area contributed by atoms with E-state index in [1.54, 1.807) is 11.3 Å². The number of aromatic nitrogens is 1. The van der Waals surface area contributed by atoms with Gasteiger partial charge in [-0.1, -0.05) is 29.0 Å². The third-order valence-electron chi connectivity index (χ3n) is 3.37. The molecule has 20 heavy (non-hydrogen) atoms. The third-order valence-corrected chi connectivity index (χ3v) is 4.84. The van der Waals surface area contributed by atoms with Gasteiger partial charge in [0.05, 0.1) is 28.5 Å². The number of hydrogen-bond donors (Lipinski definition) is 1. The topological polar surface area (TPSA) is 37.4 Å². The molecule has 3 rings (SSSR count). The maximum Gasteiger partial charge on any atom is 0.184 e. The first-order valence-electron chi connectivity index (χ1n) is 6.84. The van der Waals surface area contributed by atoms with Gasteiger partial charge in [-0.25, -0.2) is 4.98 Å². The first kappa shape index (κ1) is 14.1. The zero-order valence-electron chi connectivity index (χ0n) is 11.4. The molecule has 4 nitrogen and oxygen atoms in total. The maximum atomic E-state index is 6.18. The Hall–Kier alpha value is -0.880. The number of rotatable bonds is 4. The van der Waals surface area contributed by atoms with Crippen LogP contribution in [0.4, 0.5) is 5.13 Å². The molecule has 1 fully saturated rings. The molecule has 2 heterocycles. The summed E-state index contributed by atoms with van der Waals surface area (Å²) in [6.45, 7) is 6.89. The summed E-state index contributed by atoms with van der Waals surface area (Å²) >= 11 is 7.80. The highest BCUT2D eigenvalue weighted by Crippen LogP contribution is 2.31. The molecular formula is C14H18ClN3OS. The lowest BCUT2D eigenvalue weighted by Gasteiger charge is -2.29. The SMILES string of the molecule is CC(CN1CCOCC1)Nc1nc2cccc(Cl)c2s1. The van der Waals surface area contributed by atoms with Crippen LogP contribution in [0.25, 0.3) is 10.2 Å². The highest BCUT2D eigenvalue weighted by molar-refractivity contribution is 7.22. The summed E-state index contributed by atoms with van der Waals surface area (Å²) < 4.78 is 6.42. The maximum absolute atomic E-state index is 6.18. The molecule has 1 aliphatic rings. The van der Waals surface area contributed by atoms with Gasteiger partial charge in [-0.15, -0.1) is 0 Å². The summed E-state index contributed by atoms with van der Waals surface area (Å²) in [5, 5.41) is 5.18. The first-order chi connectivity index (χ1) is 9.72. The Bertz CT molecular complexity index is 583. The van der Waals surface area contributed by atoms with Crippen LogP contribution in [0.5, 0.6) is 0 Å². The third kappa shape index (κ3) is 3.23. The molecule has 1 aromatic heterocycles. The second-order valence-electron chi connectivity index (χ2n) is 5.07. The van der Waals surface area contributed by atoms with Crippen molar-refractivity contribution in [1.82, 2.24) is 9.88 Å². The molecule has 0 amide bonds. The van der Waals surface area contributed by atoms with Gasteiger partial charge in [0.15, 0.2) is 5.13 Å². The van der Waals surface area contributed by atoms with Gasteiger partial charge in [0, 0.05) is 25.7 Å². The van der Waals surface area contributed by atoms with E-state index in [9.17, 15) is 0 Å². The molecule has 1 atom stereocenters. The van der Waals surface area contributed by atoms with E-state index in [4.69, 9.17) is 16.3 Å². The molecule has 6 heteroatoms. The monoisotopic (exact) mass is 311 g/mol. The van der Waals surface area contributed by atoms with E-state index in [2.05, 4.69) is 22.1 Å². The fourth-order valence-electron chi connectivity index (χ4n) is 2.40. The van der Waals surface area contributed by atoms with E-state index in [0.29, 0.717) is 6.04 Å². The molecule has 1 aliphatic heterocycles. The lowest BCUT2D eigenvalue weighted by Crippen LogP contribution is -2.42. The Morgan fingerprint density at radius 1 is 1.45 bits per heavy atom. The van der Waals surface area contributed by atoms with E-state index < -0.39 is 0 Å². The van der Waals surface area contributed by atoms with Gasteiger partial charge in [0.2, 0.25) is 0 Å². The average Bonchev–Trinajstić information content (AvgIpc) is 2.83. The van der Waals surface area contributed by atoms with Crippen LogP contribution in [-0.4, -0.2) is 48.8 Å². The largest absolute Gasteiger partial charge is 0.379 e. The van der Waals surface area contributed by atoms with Crippen molar-refractivity contribution in [3.05, 3.63) is 23.2 Å². The van der Waals surface area contributed by atoms with Gasteiger partial charge in [0.1, 0.15) is 0 Å². The number of nitrogens with one attached hydrogen (secondary N) is 1. The number of halogens is 1. The van der Waals surface area contributed by atoms with Crippen molar-refractivity contribution >= 4 is 38.3 Å². The Morgan fingerprint density at radius 2 is 2.25 bits per heavy atom. The summed E-state index contributed by atoms with van der Waals surface area (Å²) in [4.78, 5) is 7.00. The standard InChI is InChI=1S/C14H18ClN3OS/c1-10(9-18-5-7-19-8-6-18)16-14-17-12-4-2-3-11(15)13(12)20-14/h2-4,10H,5-9H2,1H3,(H,16,17). The summed E-state index contributed by atoms with van der Waals surface area (Å²) in [6.07, 6.45) is 0. The van der Waals surface area contributed by atoms with Gasteiger partial charge in [-0.05, 0) is 19.1 Å². The number of nitrogens with zero attached hydrogens (tertiary/aromatic N) is 2. The molecule has 1 aromatic carbocycles. The smallest absolute Gasteiger partial charge is 0.184 e. The molecule has 1 saturated heterocycles. The van der Waals surface area contributed by atoms with Crippen molar-refractivity contribution in [3.8, 4) is 0 Å². The molecule has 1 unspecified atom stereocenters. The fourth-order valence-corrected chi connectivity index (χ4v) is 3.67. The van der Waals surface area contributed by atoms with Crippen LogP contribution in [0, 0.1) is 0 Å². The molecule has 2 aromatic rings. The van der Waals surface area contributed by atoms with Gasteiger partial charge < -0.3 is 10.1 Å². The Balaban J connectivity index is 1.64. The van der Waals surface area contributed by atoms with Crippen molar-refractivity contribution in [2.24, 2.45) is 0 Å². The van der Waals surface area contributed by atoms with Gasteiger partial charge in [0.25, 0.3) is 0 Å². The Labute approximate surface area is 127 Å². The number of hydrogen-bond acceptors (Lipinski definition) is 5. The summed E-state index contributed by atoms with van der Waals surface area (Å²) in [6, 6.07) is 6.19. The van der Waals surface area contributed by atoms with Crippen LogP contribution in [0.3, 0.4) is 0 Å². The predicted molar refractivity (Wildman–Crippen MR) is 85.0 cm³/mol. The highest BCUT2D eigenvalue weighted by atomic mass is 35.5. The van der Waals surface area contributed by atoms with Crippen LogP contribution in [-0.2, 0) is 4.74 Å². The molecule has 108 valence electrons. The minimum Gasteiger partial charge on any atom is -0.379 e. The number of fused-ring (bicyclic) bond motifs is 1. The molecule has 0 spiro atoms. The van der Waals surface area contributed by atoms with E-state index in [0.717, 1.165) is 53.2 Å². The summed E-state index contributed by atoms with van der Waals surface area (Å²) in [7, 11) is 0. The summed E-state index contributed by atoms with van der Waals surface area (Å²) in [5.41, 5.74) is 0.962. The van der Waals surface area contributed by atoms with Crippen LogP contribution in [0.2, 0.25) is 5.02 Å². The average molecular weight is 312 g/mol. The van der Waals surface area contributed by atoms with Gasteiger partial charge in [-0.2, -0.15) is 0 Å². The molecular weight excluding hydrogens is 294 g/mol. The quantitative estimate of drug-likeness (QED) is 0.941. The lowest BCUT2D eigenvalue weighted by molar-refractivity contribution is 0.0368. The number of benzene rings is 1. The first-order valence-corrected chi connectivity index (χ1v) is 8.03. The van der Waals surface area contributed by atoms with Gasteiger partial charge in [-0.3, -0.25) is 4.90 Å². The van der Waals surface area contributed by atoms with E-state index in [1.807, 2.05) is 18.2 Å². The minimum atomic E-state index is 0.354. The van der Waals surface area contributed by atoms with Crippen molar-refractivity contribution in [2.75, 3.05) is 38.2 Å². The minimum absolute atomic E-state index is 0.354. The van der Waals surface area contributed by atoms with Crippen molar-refractivity contribution < 1.29 is 4.74 Å². The zero-order chi connectivity index (χ0) is 13.9. The molecule has 0 bridgehead atoms. The number of thiazole rings is 1. The zero-order valence-corrected chi connectivity index (χ0v) is 13.0. The fraction of sp³-hybridized carbons (Fsp3) is 0.500. The van der Waals surface area contributed by atoms with Crippen molar-refractivity contribution in [1.29, 1.82) is 0 Å². The Morgan fingerprint density at radius 3 is 3.00 bits per heavy atom. The number of ether oxygens (including phenoxy) is 1. The second kappa shape index (κ2) is 6.26. The van der Waals surface area contributed by atoms with Crippen molar-refractivity contribution in [2.45, 2.75) is 13.0 Å². The highest BCUT2D eigenvalue weighted by Gasteiger charge is 2.15. The van der Waals surface area contributed by atoms with E-state index >= 15 is 0 Å². The number of morpholine rings is 1. The van der Waals surface area contributed by atoms with Crippen molar-refractivity contribution in [3.63, 3.8) is 0 Å². The van der Waals surface area contributed by atoms with Gasteiger partial charge >= 0.3 is 0 Å². The van der Waals surface area contributed by atoms with E-state index in [-0.39, 0.29) is 0 Å². The van der Waals surface area contributed by atoms with Crippen LogP contribution in [0.1, 0.15) is 6.92 Å². The second-order valence-corrected chi connectivity index (χ2v) is 6.47. The normalized spacial score (nSPS) is 18.3. The predicted octanol–water partition coefficient (Wildman–Crippen LogP) is 3.08. The van der Waals surface area contributed by atoms with Crippen LogP contribution >= 0.6 is 22.9 Å². The Kier molecular flexibility index (Phi) is 4.41. The van der Waals surface area contributed by atoms with Crippen LogP contribution < -0.4 is 5.32 Å². The lowest BCUT2D eigenvalue weighted by atomic mass is 10.3. The van der Waals surface area contributed by atoms with Crippen LogP contribution in [0.15, 0.2) is 18.2 Å².